The predicted octanol–water partition coefficient (Wildman–Crippen LogP) is 5.96. The molecule has 13 heteroatoms. The second-order valence-electron chi connectivity index (χ2n) is 8.07. The summed E-state index contributed by atoms with van der Waals surface area (Å²) in [6, 6.07) is 15.3. The van der Waals surface area contributed by atoms with E-state index in [1.54, 1.807) is 24.3 Å². The highest BCUT2D eigenvalue weighted by molar-refractivity contribution is 7.93. The molecular weight excluding hydrogens is 561 g/mol. The number of hydrogen-bond donors (Lipinski definition) is 1. The van der Waals surface area contributed by atoms with E-state index in [0.717, 1.165) is 17.5 Å². The number of carbonyl (C=O) groups excluding carboxylic acids is 2. The van der Waals surface area contributed by atoms with Crippen LogP contribution in [0.3, 0.4) is 0 Å². The van der Waals surface area contributed by atoms with Gasteiger partial charge in [-0.25, -0.2) is 13.2 Å². The molecule has 0 aliphatic heterocycles. The van der Waals surface area contributed by atoms with Crippen molar-refractivity contribution in [2.24, 2.45) is 0 Å². The molecule has 4 rings (SSSR count). The third-order valence-electron chi connectivity index (χ3n) is 5.74. The van der Waals surface area contributed by atoms with Crippen LogP contribution in [0.5, 0.6) is 5.75 Å². The zero-order chi connectivity index (χ0) is 28.5. The van der Waals surface area contributed by atoms with E-state index in [4.69, 9.17) is 11.6 Å². The largest absolute Gasteiger partial charge is 0.573 e. The average Bonchev–Trinajstić information content (AvgIpc) is 3.28. The number of fused-ring (bicyclic) bond motifs is 1. The number of anilines is 1. The quantitative estimate of drug-likeness (QED) is 0.157. The van der Waals surface area contributed by atoms with Crippen molar-refractivity contribution in [1.82, 2.24) is 4.98 Å². The van der Waals surface area contributed by atoms with Gasteiger partial charge in [0.1, 0.15) is 4.90 Å². The zero-order valence-corrected chi connectivity index (χ0v) is 21.9. The fraction of sp³-hybridized carbons (Fsp3) is 0.154. The summed E-state index contributed by atoms with van der Waals surface area (Å²) < 4.78 is 76.0. The zero-order valence-electron chi connectivity index (χ0n) is 20.4. The van der Waals surface area contributed by atoms with Gasteiger partial charge in [-0.2, -0.15) is 0 Å². The van der Waals surface area contributed by atoms with Gasteiger partial charge in [0.2, 0.25) is 0 Å². The number of carbonyl (C=O) groups is 2. The highest BCUT2D eigenvalue weighted by atomic mass is 35.5. The first kappa shape index (κ1) is 28.0. The summed E-state index contributed by atoms with van der Waals surface area (Å²) in [5, 5.41) is 0.180. The summed E-state index contributed by atoms with van der Waals surface area (Å²) in [5.41, 5.74) is 0.402. The molecule has 1 aromatic heterocycles. The van der Waals surface area contributed by atoms with Crippen LogP contribution < -0.4 is 9.04 Å². The molecule has 8 nitrogen and oxygen atoms in total. The number of aromatic amines is 1. The number of ether oxygens (including phenoxy) is 2. The molecule has 0 atom stereocenters. The minimum atomic E-state index is -5.06. The molecule has 0 unspecified atom stereocenters. The maximum atomic E-state index is 13.8. The molecule has 0 amide bonds. The molecule has 39 heavy (non-hydrogen) atoms. The summed E-state index contributed by atoms with van der Waals surface area (Å²) in [6.45, 7) is 1.17. The van der Waals surface area contributed by atoms with Crippen LogP contribution in [0.15, 0.2) is 71.6 Å². The van der Waals surface area contributed by atoms with Crippen LogP contribution in [-0.2, 0) is 19.6 Å². The lowest BCUT2D eigenvalue weighted by Gasteiger charge is -2.26. The standard InChI is InChI=1S/C26H20ClF3N2O6S/c1-3-32(19-10-6-7-11-20(19)38-26(28,29)30)39(35,36)21-14-15(12-13-17(21)27)23-22(24(33)25(34)37-2)16-8-4-5-9-18(16)31-23/h4-14,31H,3H2,1-2H3. The van der Waals surface area contributed by atoms with Crippen LogP contribution in [0.25, 0.3) is 22.2 Å². The van der Waals surface area contributed by atoms with Gasteiger partial charge in [0, 0.05) is 23.0 Å². The molecule has 1 N–H and O–H groups in total. The molecule has 0 aliphatic carbocycles. The van der Waals surface area contributed by atoms with Gasteiger partial charge in [0.05, 0.1) is 29.1 Å². The number of sulfonamides is 1. The highest BCUT2D eigenvalue weighted by Crippen LogP contribution is 2.39. The summed E-state index contributed by atoms with van der Waals surface area (Å²) >= 11 is 6.29. The molecule has 0 spiro atoms. The molecule has 0 fully saturated rings. The number of hydrogen-bond acceptors (Lipinski definition) is 6. The van der Waals surface area contributed by atoms with Crippen LogP contribution in [0.4, 0.5) is 18.9 Å². The van der Waals surface area contributed by atoms with E-state index in [1.165, 1.54) is 43.3 Å². The van der Waals surface area contributed by atoms with Crippen LogP contribution in [0, 0.1) is 0 Å². The van der Waals surface area contributed by atoms with Crippen molar-refractivity contribution in [2.45, 2.75) is 18.2 Å². The molecular formula is C26H20ClF3N2O6S. The normalized spacial score (nSPS) is 11.8. The third kappa shape index (κ3) is 5.43. The van der Waals surface area contributed by atoms with Crippen molar-refractivity contribution < 1.29 is 40.7 Å². The van der Waals surface area contributed by atoms with Crippen LogP contribution in [0.2, 0.25) is 5.02 Å². The molecule has 0 saturated heterocycles. The van der Waals surface area contributed by atoms with Crippen molar-refractivity contribution in [2.75, 3.05) is 18.0 Å². The Morgan fingerprint density at radius 3 is 2.36 bits per heavy atom. The number of halogens is 4. The minimum Gasteiger partial charge on any atom is -0.463 e. The molecule has 4 aromatic rings. The Labute approximate surface area is 225 Å². The molecule has 0 radical (unpaired) electrons. The number of Topliss-reactive ketones (excluding diaryl/α,β-unsaturated/α-hetero) is 1. The second-order valence-corrected chi connectivity index (χ2v) is 10.3. The van der Waals surface area contributed by atoms with Gasteiger partial charge in [-0.05, 0) is 37.3 Å². The number of aromatic nitrogens is 1. The van der Waals surface area contributed by atoms with Gasteiger partial charge < -0.3 is 14.5 Å². The Balaban J connectivity index is 1.89. The number of H-pyrrole nitrogens is 1. The maximum absolute atomic E-state index is 13.8. The minimum absolute atomic E-state index is 0.0422. The van der Waals surface area contributed by atoms with E-state index in [9.17, 15) is 31.2 Å². The Bertz CT molecular complexity index is 1680. The lowest BCUT2D eigenvalue weighted by Crippen LogP contribution is -2.32. The summed E-state index contributed by atoms with van der Waals surface area (Å²) in [4.78, 5) is 27.6. The number of nitrogens with one attached hydrogen (secondary N) is 1. The smallest absolute Gasteiger partial charge is 0.463 e. The Morgan fingerprint density at radius 1 is 1.03 bits per heavy atom. The van der Waals surface area contributed by atoms with E-state index in [2.05, 4.69) is 14.5 Å². The summed E-state index contributed by atoms with van der Waals surface area (Å²) in [7, 11) is -3.51. The van der Waals surface area contributed by atoms with Crippen LogP contribution >= 0.6 is 11.6 Å². The fourth-order valence-corrected chi connectivity index (χ4v) is 6.10. The number of benzene rings is 3. The molecule has 204 valence electrons. The van der Waals surface area contributed by atoms with Crippen molar-refractivity contribution in [1.29, 1.82) is 0 Å². The first-order chi connectivity index (χ1) is 18.4. The SMILES string of the molecule is CCN(c1ccccc1OC(F)(F)F)S(=O)(=O)c1cc(-c2[nH]c3ccccc3c2C(=O)C(=O)OC)ccc1Cl. The molecule has 0 bridgehead atoms. The summed E-state index contributed by atoms with van der Waals surface area (Å²) in [5.74, 6) is -2.80. The van der Waals surface area contributed by atoms with Crippen LogP contribution in [-0.4, -0.2) is 45.2 Å². The first-order valence-corrected chi connectivity index (χ1v) is 13.1. The monoisotopic (exact) mass is 580 g/mol. The van der Waals surface area contributed by atoms with Crippen molar-refractivity contribution in [3.05, 3.63) is 77.3 Å². The molecule has 0 aliphatic rings. The van der Waals surface area contributed by atoms with E-state index in [0.29, 0.717) is 10.9 Å². The van der Waals surface area contributed by atoms with Crippen molar-refractivity contribution >= 4 is 50.0 Å². The van der Waals surface area contributed by atoms with Crippen LogP contribution in [0.1, 0.15) is 17.3 Å². The van der Waals surface area contributed by atoms with E-state index in [1.807, 2.05) is 0 Å². The van der Waals surface area contributed by atoms with Gasteiger partial charge >= 0.3 is 12.3 Å². The van der Waals surface area contributed by atoms with Gasteiger partial charge in [-0.3, -0.25) is 9.10 Å². The number of alkyl halides is 3. The lowest BCUT2D eigenvalue weighted by atomic mass is 10.0. The van der Waals surface area contributed by atoms with E-state index in [-0.39, 0.29) is 34.1 Å². The van der Waals surface area contributed by atoms with Crippen molar-refractivity contribution in [3.63, 3.8) is 0 Å². The van der Waals surface area contributed by atoms with Gasteiger partial charge in [-0.15, -0.1) is 13.2 Å². The predicted molar refractivity (Wildman–Crippen MR) is 138 cm³/mol. The van der Waals surface area contributed by atoms with Gasteiger partial charge in [0.25, 0.3) is 15.8 Å². The van der Waals surface area contributed by atoms with E-state index >= 15 is 0 Å². The lowest BCUT2D eigenvalue weighted by molar-refractivity contribution is -0.274. The third-order valence-corrected chi connectivity index (χ3v) is 8.11. The molecule has 3 aromatic carbocycles. The van der Waals surface area contributed by atoms with Crippen molar-refractivity contribution in [3.8, 4) is 17.0 Å². The highest BCUT2D eigenvalue weighted by Gasteiger charge is 2.35. The second kappa shape index (κ2) is 10.6. The molecule has 1 heterocycles. The number of ketones is 1. The number of rotatable bonds is 8. The Hall–Kier alpha value is -4.03. The number of nitrogens with zero attached hydrogens (tertiary/aromatic N) is 1. The molecule has 0 saturated carbocycles. The number of para-hydroxylation sites is 3. The fourth-order valence-electron chi connectivity index (χ4n) is 4.11. The Morgan fingerprint density at radius 2 is 1.69 bits per heavy atom. The topological polar surface area (TPSA) is 106 Å². The Kier molecular flexibility index (Phi) is 7.62. The first-order valence-electron chi connectivity index (χ1n) is 11.3. The maximum Gasteiger partial charge on any atom is 0.573 e. The number of esters is 1. The van der Waals surface area contributed by atoms with E-state index < -0.39 is 38.8 Å². The van der Waals surface area contributed by atoms with Gasteiger partial charge in [-0.1, -0.05) is 48.0 Å². The summed E-state index contributed by atoms with van der Waals surface area (Å²) in [6.07, 6.45) is -5.06. The number of methoxy groups -OCH3 is 1. The average molecular weight is 581 g/mol. The van der Waals surface area contributed by atoms with Gasteiger partial charge in [0.15, 0.2) is 5.75 Å².